The summed E-state index contributed by atoms with van der Waals surface area (Å²) in [6.45, 7) is 2.16. The number of carbonyl (C=O) groups is 1. The molecule has 0 spiro atoms. The van der Waals surface area contributed by atoms with Gasteiger partial charge in [-0.15, -0.1) is 0 Å². The van der Waals surface area contributed by atoms with Crippen molar-refractivity contribution in [3.8, 4) is 0 Å². The van der Waals surface area contributed by atoms with E-state index >= 15 is 0 Å². The van der Waals surface area contributed by atoms with Crippen LogP contribution >= 0.6 is 0 Å². The Morgan fingerprint density at radius 3 is 2.20 bits per heavy atom. The monoisotopic (exact) mass is 348 g/mol. The lowest BCUT2D eigenvalue weighted by Gasteiger charge is -2.28. The molecule has 0 radical (unpaired) electrons. The van der Waals surface area contributed by atoms with E-state index in [2.05, 4.69) is 48.5 Å². The molecule has 4 rings (SSSR count). The van der Waals surface area contributed by atoms with Gasteiger partial charge in [0.25, 0.3) is 0 Å². The van der Waals surface area contributed by atoms with Crippen LogP contribution in [0.4, 0.5) is 0 Å². The van der Waals surface area contributed by atoms with Gasteiger partial charge in [0.2, 0.25) is 5.76 Å². The van der Waals surface area contributed by atoms with E-state index in [9.17, 15) is 4.79 Å². The Bertz CT molecular complexity index is 845. The van der Waals surface area contributed by atoms with Gasteiger partial charge in [0.1, 0.15) is 5.76 Å². The van der Waals surface area contributed by atoms with Gasteiger partial charge in [0.15, 0.2) is 8.07 Å². The molecule has 25 heavy (non-hydrogen) atoms. The van der Waals surface area contributed by atoms with Crippen LogP contribution in [0.1, 0.15) is 23.2 Å². The van der Waals surface area contributed by atoms with Crippen molar-refractivity contribution in [3.63, 3.8) is 0 Å². The summed E-state index contributed by atoms with van der Waals surface area (Å²) < 4.78 is 11.0. The van der Waals surface area contributed by atoms with Crippen molar-refractivity contribution in [2.24, 2.45) is 0 Å². The molecule has 0 fully saturated rings. The number of esters is 1. The molecule has 0 atom stereocenters. The van der Waals surface area contributed by atoms with Crippen LogP contribution in [0, 0.1) is 0 Å². The van der Waals surface area contributed by atoms with E-state index in [1.165, 1.54) is 15.6 Å². The topological polar surface area (TPSA) is 39.4 Å². The van der Waals surface area contributed by atoms with Crippen molar-refractivity contribution < 1.29 is 13.9 Å². The number of rotatable bonds is 4. The highest BCUT2D eigenvalue weighted by atomic mass is 28.3. The molecule has 0 N–H and O–H groups in total. The molecule has 2 heterocycles. The molecular formula is C21H20O3Si. The Morgan fingerprint density at radius 1 is 1.04 bits per heavy atom. The summed E-state index contributed by atoms with van der Waals surface area (Å²) in [5, 5.41) is 3.93. The molecule has 0 bridgehead atoms. The maximum Gasteiger partial charge on any atom is 0.374 e. The second kappa shape index (κ2) is 6.37. The second-order valence-electron chi connectivity index (χ2n) is 6.31. The molecule has 0 aliphatic carbocycles. The van der Waals surface area contributed by atoms with Crippen LogP contribution in [0.5, 0.6) is 0 Å². The SMILES string of the molecule is CCOC(=O)c1cc2c(o1)CC[Si]2(c1ccccc1)c1ccccc1. The standard InChI is InChI=1S/C21H20O3Si/c1-2-23-21(22)19-15-20-18(24-19)13-14-25(20,16-9-5-3-6-10-16)17-11-7-4-8-12-17/h3-12,15H,2,13-14H2,1H3. The van der Waals surface area contributed by atoms with Gasteiger partial charge in [-0.25, -0.2) is 4.79 Å². The van der Waals surface area contributed by atoms with Crippen LogP contribution in [-0.2, 0) is 11.2 Å². The van der Waals surface area contributed by atoms with E-state index in [4.69, 9.17) is 9.15 Å². The summed E-state index contributed by atoms with van der Waals surface area (Å²) in [4.78, 5) is 12.1. The second-order valence-corrected chi connectivity index (χ2v) is 10.3. The minimum Gasteiger partial charge on any atom is -0.460 e. The molecule has 1 aliphatic heterocycles. The molecule has 0 saturated heterocycles. The quantitative estimate of drug-likeness (QED) is 0.537. The third kappa shape index (κ3) is 2.53. The van der Waals surface area contributed by atoms with Crippen molar-refractivity contribution in [3.05, 3.63) is 78.3 Å². The van der Waals surface area contributed by atoms with Crippen molar-refractivity contribution in [2.75, 3.05) is 6.61 Å². The zero-order valence-corrected chi connectivity index (χ0v) is 15.2. The minimum absolute atomic E-state index is 0.329. The van der Waals surface area contributed by atoms with Crippen LogP contribution < -0.4 is 15.6 Å². The molecule has 2 aromatic carbocycles. The first kappa shape index (κ1) is 15.9. The van der Waals surface area contributed by atoms with Crippen LogP contribution in [-0.4, -0.2) is 20.7 Å². The van der Waals surface area contributed by atoms with Crippen LogP contribution in [0.25, 0.3) is 0 Å². The van der Waals surface area contributed by atoms with Crippen LogP contribution in [0.2, 0.25) is 6.04 Å². The zero-order chi connectivity index (χ0) is 17.3. The molecule has 0 saturated carbocycles. The Hall–Kier alpha value is -2.59. The first-order chi connectivity index (χ1) is 12.3. The van der Waals surface area contributed by atoms with Crippen molar-refractivity contribution in [2.45, 2.75) is 19.4 Å². The van der Waals surface area contributed by atoms with Crippen molar-refractivity contribution >= 4 is 29.6 Å². The smallest absolute Gasteiger partial charge is 0.374 e. The fraction of sp³-hybridized carbons (Fsp3) is 0.190. The lowest BCUT2D eigenvalue weighted by Crippen LogP contribution is -2.64. The van der Waals surface area contributed by atoms with E-state index < -0.39 is 8.07 Å². The fourth-order valence-corrected chi connectivity index (χ4v) is 8.88. The number of fused-ring (bicyclic) bond motifs is 1. The number of hydrogen-bond donors (Lipinski definition) is 0. The molecule has 3 aromatic rings. The Labute approximate surface area is 148 Å². The lowest BCUT2D eigenvalue weighted by atomic mass is 10.3. The predicted octanol–water partition coefficient (Wildman–Crippen LogP) is 2.48. The van der Waals surface area contributed by atoms with Crippen molar-refractivity contribution in [1.82, 2.24) is 0 Å². The van der Waals surface area contributed by atoms with Gasteiger partial charge >= 0.3 is 5.97 Å². The van der Waals surface area contributed by atoms with Gasteiger partial charge in [-0.05, 0) is 34.6 Å². The molecule has 126 valence electrons. The third-order valence-corrected chi connectivity index (χ3v) is 9.99. The number of benzene rings is 2. The largest absolute Gasteiger partial charge is 0.460 e. The fourth-order valence-electron chi connectivity index (χ4n) is 3.93. The summed E-state index contributed by atoms with van der Waals surface area (Å²) in [6, 6.07) is 24.3. The Morgan fingerprint density at radius 2 is 1.64 bits per heavy atom. The first-order valence-electron chi connectivity index (χ1n) is 8.67. The highest BCUT2D eigenvalue weighted by Gasteiger charge is 2.47. The third-order valence-electron chi connectivity index (χ3n) is 5.01. The number of ether oxygens (including phenoxy) is 1. The maximum atomic E-state index is 12.1. The molecular weight excluding hydrogens is 328 g/mol. The van der Waals surface area contributed by atoms with Crippen LogP contribution in [0.3, 0.4) is 0 Å². The number of carbonyl (C=O) groups excluding carboxylic acids is 1. The summed E-state index contributed by atoms with van der Waals surface area (Å²) in [5.41, 5.74) is 0. The molecule has 1 aromatic heterocycles. The first-order valence-corrected chi connectivity index (χ1v) is 10.9. The molecule has 4 heteroatoms. The highest BCUT2D eigenvalue weighted by molar-refractivity contribution is 7.12. The predicted molar refractivity (Wildman–Crippen MR) is 101 cm³/mol. The van der Waals surface area contributed by atoms with E-state index in [0.717, 1.165) is 18.2 Å². The number of furan rings is 1. The van der Waals surface area contributed by atoms with E-state index in [0.29, 0.717) is 12.4 Å². The normalized spacial score (nSPS) is 14.9. The Balaban J connectivity index is 1.90. The van der Waals surface area contributed by atoms with Gasteiger partial charge in [-0.3, -0.25) is 0 Å². The molecule has 0 amide bonds. The zero-order valence-electron chi connectivity index (χ0n) is 14.2. The lowest BCUT2D eigenvalue weighted by molar-refractivity contribution is 0.0488. The highest BCUT2D eigenvalue weighted by Crippen LogP contribution is 2.26. The summed E-state index contributed by atoms with van der Waals surface area (Å²) in [5.74, 6) is 0.902. The summed E-state index contributed by atoms with van der Waals surface area (Å²) >= 11 is 0. The molecule has 3 nitrogen and oxygen atoms in total. The van der Waals surface area contributed by atoms with Gasteiger partial charge in [-0.2, -0.15) is 0 Å². The minimum atomic E-state index is -2.15. The number of aryl methyl sites for hydroxylation is 1. The van der Waals surface area contributed by atoms with Gasteiger partial charge in [0.05, 0.1) is 6.61 Å². The maximum absolute atomic E-state index is 12.1. The van der Waals surface area contributed by atoms with Gasteiger partial charge in [-0.1, -0.05) is 60.7 Å². The van der Waals surface area contributed by atoms with E-state index in [1.54, 1.807) is 0 Å². The average Bonchev–Trinajstić information content (AvgIpc) is 3.23. The summed E-state index contributed by atoms with van der Waals surface area (Å²) in [6.07, 6.45) is 0.866. The van der Waals surface area contributed by atoms with Gasteiger partial charge < -0.3 is 9.15 Å². The van der Waals surface area contributed by atoms with Crippen LogP contribution in [0.15, 0.2) is 71.1 Å². The number of hydrogen-bond acceptors (Lipinski definition) is 3. The van der Waals surface area contributed by atoms with Gasteiger partial charge in [0, 0.05) is 6.42 Å². The molecule has 1 aliphatic rings. The Kier molecular flexibility index (Phi) is 4.05. The average molecular weight is 348 g/mol. The molecule has 0 unspecified atom stereocenters. The van der Waals surface area contributed by atoms with E-state index in [-0.39, 0.29) is 5.97 Å². The van der Waals surface area contributed by atoms with Crippen molar-refractivity contribution in [1.29, 1.82) is 0 Å². The van der Waals surface area contributed by atoms with E-state index in [1.807, 2.05) is 25.1 Å². The summed E-state index contributed by atoms with van der Waals surface area (Å²) in [7, 11) is -2.15.